The van der Waals surface area contributed by atoms with Gasteiger partial charge in [-0.15, -0.1) is 0 Å². The van der Waals surface area contributed by atoms with Crippen molar-refractivity contribution in [2.45, 2.75) is 16.8 Å². The van der Waals surface area contributed by atoms with E-state index in [1.165, 1.54) is 23.9 Å². The van der Waals surface area contributed by atoms with Crippen molar-refractivity contribution in [2.75, 3.05) is 0 Å². The molecule has 1 heterocycles. The van der Waals surface area contributed by atoms with Crippen LogP contribution in [0.2, 0.25) is 0 Å². The summed E-state index contributed by atoms with van der Waals surface area (Å²) in [4.78, 5) is 17.8. The van der Waals surface area contributed by atoms with Gasteiger partial charge in [0.15, 0.2) is 5.16 Å². The van der Waals surface area contributed by atoms with Gasteiger partial charge in [-0.3, -0.25) is 10.1 Å². The number of hydrogen-bond acceptors (Lipinski definition) is 5. The number of thioether (sulfide) groups is 1. The molecule has 0 radical (unpaired) electrons. The molecule has 0 saturated heterocycles. The number of rotatable bonds is 5. The minimum atomic E-state index is -0.436. The average Bonchev–Trinajstić information content (AvgIpc) is 2.97. The number of non-ortho nitro benzene ring substituents is 1. The second-order valence-electron chi connectivity index (χ2n) is 4.92. The molecule has 0 bridgehead atoms. The number of hydrogen-bond donors (Lipinski definition) is 1. The summed E-state index contributed by atoms with van der Waals surface area (Å²) in [6.45, 7) is 0. The second-order valence-corrected chi connectivity index (χ2v) is 6.11. The number of H-pyrrole nitrogens is 1. The van der Waals surface area contributed by atoms with Crippen LogP contribution in [0.4, 0.5) is 5.69 Å². The molecular formula is C16H12N4O2S. The van der Waals surface area contributed by atoms with Gasteiger partial charge < -0.3 is 4.98 Å². The van der Waals surface area contributed by atoms with Crippen molar-refractivity contribution in [1.29, 1.82) is 5.26 Å². The summed E-state index contributed by atoms with van der Waals surface area (Å²) in [6, 6.07) is 16.2. The molecule has 3 rings (SSSR count). The molecule has 0 aliphatic carbocycles. The molecule has 0 aliphatic heterocycles. The number of para-hydroxylation sites is 2. The molecule has 1 unspecified atom stereocenters. The van der Waals surface area contributed by atoms with Gasteiger partial charge in [0, 0.05) is 12.1 Å². The lowest BCUT2D eigenvalue weighted by Gasteiger charge is -2.06. The van der Waals surface area contributed by atoms with Gasteiger partial charge in [-0.25, -0.2) is 4.98 Å². The third kappa shape index (κ3) is 3.49. The maximum Gasteiger partial charge on any atom is 0.269 e. The Kier molecular flexibility index (Phi) is 4.26. The molecule has 2 aromatic carbocycles. The van der Waals surface area contributed by atoms with Crippen LogP contribution in [0.25, 0.3) is 11.0 Å². The highest BCUT2D eigenvalue weighted by atomic mass is 32.2. The lowest BCUT2D eigenvalue weighted by Crippen LogP contribution is -2.04. The molecular weight excluding hydrogens is 312 g/mol. The zero-order valence-corrected chi connectivity index (χ0v) is 12.8. The normalized spacial score (nSPS) is 12.0. The van der Waals surface area contributed by atoms with Gasteiger partial charge >= 0.3 is 0 Å². The smallest absolute Gasteiger partial charge is 0.269 e. The van der Waals surface area contributed by atoms with Crippen LogP contribution < -0.4 is 0 Å². The van der Waals surface area contributed by atoms with Gasteiger partial charge in [0.05, 0.1) is 22.0 Å². The highest BCUT2D eigenvalue weighted by Gasteiger charge is 2.14. The number of aromatic nitrogens is 2. The summed E-state index contributed by atoms with van der Waals surface area (Å²) in [5.41, 5.74) is 2.72. The molecule has 1 N–H and O–H groups in total. The van der Waals surface area contributed by atoms with Crippen molar-refractivity contribution in [3.63, 3.8) is 0 Å². The van der Waals surface area contributed by atoms with Crippen LogP contribution in [0.1, 0.15) is 5.56 Å². The van der Waals surface area contributed by atoms with E-state index in [-0.39, 0.29) is 10.9 Å². The molecule has 1 aromatic heterocycles. The van der Waals surface area contributed by atoms with Crippen LogP contribution in [-0.4, -0.2) is 20.1 Å². The van der Waals surface area contributed by atoms with E-state index < -0.39 is 4.92 Å². The zero-order chi connectivity index (χ0) is 16.2. The Balaban J connectivity index is 1.72. The third-order valence-electron chi connectivity index (χ3n) is 3.33. The Hall–Kier alpha value is -2.85. The minimum Gasteiger partial charge on any atom is -0.333 e. The average molecular weight is 324 g/mol. The van der Waals surface area contributed by atoms with Gasteiger partial charge in [-0.05, 0) is 24.1 Å². The number of fused-ring (bicyclic) bond motifs is 1. The highest BCUT2D eigenvalue weighted by Crippen LogP contribution is 2.26. The summed E-state index contributed by atoms with van der Waals surface area (Å²) in [5.74, 6) is 0. The number of nitro groups is 1. The van der Waals surface area contributed by atoms with Crippen LogP contribution in [-0.2, 0) is 6.42 Å². The number of aromatic amines is 1. The molecule has 0 saturated carbocycles. The number of benzene rings is 2. The molecule has 0 fully saturated rings. The summed E-state index contributed by atoms with van der Waals surface area (Å²) in [5, 5.41) is 20.4. The van der Waals surface area contributed by atoms with E-state index >= 15 is 0 Å². The van der Waals surface area contributed by atoms with E-state index in [9.17, 15) is 15.4 Å². The number of nitro benzene ring substituents is 1. The molecule has 0 amide bonds. The SMILES string of the molecule is N#CC(Cc1ccc([N+](=O)[O-])cc1)Sc1nc2ccccc2[nH]1. The maximum absolute atomic E-state index is 10.7. The van der Waals surface area contributed by atoms with Gasteiger partial charge in [0.1, 0.15) is 5.25 Å². The molecule has 6 nitrogen and oxygen atoms in total. The fourth-order valence-corrected chi connectivity index (χ4v) is 3.12. The summed E-state index contributed by atoms with van der Waals surface area (Å²) >= 11 is 1.36. The van der Waals surface area contributed by atoms with Crippen LogP contribution in [0.15, 0.2) is 53.7 Å². The first-order chi connectivity index (χ1) is 11.2. The standard InChI is InChI=1S/C16H12N4O2S/c17-10-13(9-11-5-7-12(8-6-11)20(21)22)23-16-18-14-3-1-2-4-15(14)19-16/h1-8,13H,9H2,(H,18,19). The summed E-state index contributed by atoms with van der Waals surface area (Å²) in [7, 11) is 0. The van der Waals surface area contributed by atoms with Gasteiger partial charge in [0.2, 0.25) is 0 Å². The van der Waals surface area contributed by atoms with Gasteiger partial charge in [0.25, 0.3) is 5.69 Å². The Morgan fingerprint density at radius 1 is 1.26 bits per heavy atom. The summed E-state index contributed by atoms with van der Waals surface area (Å²) in [6.07, 6.45) is 0.496. The second kappa shape index (κ2) is 6.50. The number of nitrogens with one attached hydrogen (secondary N) is 1. The lowest BCUT2D eigenvalue weighted by atomic mass is 10.1. The van der Waals surface area contributed by atoms with Crippen LogP contribution in [0.3, 0.4) is 0 Å². The Morgan fingerprint density at radius 2 is 2.00 bits per heavy atom. The summed E-state index contributed by atoms with van der Waals surface area (Å²) < 4.78 is 0. The van der Waals surface area contributed by atoms with Crippen molar-refractivity contribution >= 4 is 28.5 Å². The largest absolute Gasteiger partial charge is 0.333 e. The molecule has 0 aliphatic rings. The van der Waals surface area contributed by atoms with E-state index in [0.29, 0.717) is 11.6 Å². The van der Waals surface area contributed by atoms with E-state index in [0.717, 1.165) is 16.6 Å². The lowest BCUT2D eigenvalue weighted by molar-refractivity contribution is -0.384. The molecule has 0 spiro atoms. The third-order valence-corrected chi connectivity index (χ3v) is 4.31. The highest BCUT2D eigenvalue weighted by molar-refractivity contribution is 8.00. The Bertz CT molecular complexity index is 850. The first-order valence-corrected chi connectivity index (χ1v) is 7.78. The number of nitrogens with zero attached hydrogens (tertiary/aromatic N) is 3. The minimum absolute atomic E-state index is 0.0483. The van der Waals surface area contributed by atoms with Crippen molar-refractivity contribution < 1.29 is 4.92 Å². The fourth-order valence-electron chi connectivity index (χ4n) is 2.20. The molecule has 3 aromatic rings. The Labute approximate surface area is 136 Å². The first kappa shape index (κ1) is 15.1. The monoisotopic (exact) mass is 324 g/mol. The van der Waals surface area contributed by atoms with Crippen LogP contribution in [0, 0.1) is 21.4 Å². The molecule has 114 valence electrons. The van der Waals surface area contributed by atoms with Gasteiger partial charge in [-0.2, -0.15) is 5.26 Å². The predicted molar refractivity (Wildman–Crippen MR) is 88.2 cm³/mol. The van der Waals surface area contributed by atoms with E-state index in [2.05, 4.69) is 16.0 Å². The number of imidazole rings is 1. The topological polar surface area (TPSA) is 95.6 Å². The molecule has 1 atom stereocenters. The zero-order valence-electron chi connectivity index (χ0n) is 12.0. The molecule has 23 heavy (non-hydrogen) atoms. The van der Waals surface area contributed by atoms with E-state index in [1.54, 1.807) is 12.1 Å². The quantitative estimate of drug-likeness (QED) is 0.438. The van der Waals surface area contributed by atoms with Crippen molar-refractivity contribution in [2.24, 2.45) is 0 Å². The first-order valence-electron chi connectivity index (χ1n) is 6.90. The maximum atomic E-state index is 10.7. The predicted octanol–water partition coefficient (Wildman–Crippen LogP) is 3.70. The van der Waals surface area contributed by atoms with E-state index in [1.807, 2.05) is 24.3 Å². The van der Waals surface area contributed by atoms with E-state index in [4.69, 9.17) is 0 Å². The van der Waals surface area contributed by atoms with Crippen molar-refractivity contribution in [3.8, 4) is 6.07 Å². The van der Waals surface area contributed by atoms with Crippen molar-refractivity contribution in [3.05, 3.63) is 64.2 Å². The van der Waals surface area contributed by atoms with Crippen LogP contribution >= 0.6 is 11.8 Å². The van der Waals surface area contributed by atoms with Crippen molar-refractivity contribution in [1.82, 2.24) is 9.97 Å². The van der Waals surface area contributed by atoms with Crippen LogP contribution in [0.5, 0.6) is 0 Å². The fraction of sp³-hybridized carbons (Fsp3) is 0.125. The molecule has 7 heteroatoms. The number of nitriles is 1. The Morgan fingerprint density at radius 3 is 2.65 bits per heavy atom. The van der Waals surface area contributed by atoms with Gasteiger partial charge in [-0.1, -0.05) is 36.0 Å².